The van der Waals surface area contributed by atoms with Crippen molar-refractivity contribution in [2.75, 3.05) is 19.7 Å². The maximum atomic E-state index is 10.5. The Morgan fingerprint density at radius 1 is 1.03 bits per heavy atom. The number of ether oxygens (including phenoxy) is 2. The van der Waals surface area contributed by atoms with Crippen molar-refractivity contribution in [2.24, 2.45) is 0 Å². The van der Waals surface area contributed by atoms with Crippen LogP contribution >= 0.6 is 0 Å². The van der Waals surface area contributed by atoms with Crippen LogP contribution < -0.4 is 9.47 Å². The van der Waals surface area contributed by atoms with Gasteiger partial charge in [0.1, 0.15) is 36.1 Å². The van der Waals surface area contributed by atoms with Gasteiger partial charge in [0.15, 0.2) is 0 Å². The van der Waals surface area contributed by atoms with Crippen molar-refractivity contribution in [1.82, 2.24) is 14.5 Å². The Labute approximate surface area is 190 Å². The molecule has 0 bridgehead atoms. The second kappa shape index (κ2) is 10.2. The molecule has 1 saturated heterocycles. The first kappa shape index (κ1) is 22.4. The summed E-state index contributed by atoms with van der Waals surface area (Å²) in [6.07, 6.45) is 4.04. The molecule has 1 aliphatic heterocycles. The number of rotatable bonds is 9. The van der Waals surface area contributed by atoms with Gasteiger partial charge in [0.2, 0.25) is 0 Å². The maximum Gasteiger partial charge on any atom is 0.138 e. The second-order valence-electron chi connectivity index (χ2n) is 8.55. The quantitative estimate of drug-likeness (QED) is 0.555. The normalized spacial score (nSPS) is 18.8. The van der Waals surface area contributed by atoms with Crippen LogP contribution in [0.2, 0.25) is 0 Å². The average molecular weight is 436 g/mol. The van der Waals surface area contributed by atoms with Crippen LogP contribution in [-0.4, -0.2) is 51.5 Å². The molecule has 1 aromatic heterocycles. The third-order valence-electron chi connectivity index (χ3n) is 6.13. The lowest BCUT2D eigenvalue weighted by Crippen LogP contribution is -2.29. The van der Waals surface area contributed by atoms with Crippen molar-refractivity contribution in [1.29, 1.82) is 0 Å². The van der Waals surface area contributed by atoms with E-state index >= 15 is 0 Å². The minimum atomic E-state index is -0.490. The van der Waals surface area contributed by atoms with Gasteiger partial charge >= 0.3 is 0 Å². The highest BCUT2D eigenvalue weighted by Gasteiger charge is 2.33. The van der Waals surface area contributed by atoms with Crippen LogP contribution in [0.4, 0.5) is 0 Å². The van der Waals surface area contributed by atoms with E-state index in [-0.39, 0.29) is 6.10 Å². The van der Waals surface area contributed by atoms with E-state index in [1.54, 1.807) is 0 Å². The summed E-state index contributed by atoms with van der Waals surface area (Å²) in [5.74, 6) is 2.77. The van der Waals surface area contributed by atoms with E-state index < -0.39 is 6.10 Å². The fourth-order valence-corrected chi connectivity index (χ4v) is 4.11. The van der Waals surface area contributed by atoms with Crippen molar-refractivity contribution in [3.63, 3.8) is 0 Å². The highest BCUT2D eigenvalue weighted by molar-refractivity contribution is 5.34. The molecule has 2 aromatic carbocycles. The van der Waals surface area contributed by atoms with E-state index in [1.165, 1.54) is 16.7 Å². The molecule has 4 rings (SSSR count). The number of aryl methyl sites for hydroxylation is 3. The minimum Gasteiger partial charge on any atom is -0.492 e. The molecule has 0 saturated carbocycles. The SMILES string of the molecule is CCc1nccn1CCOc1ccc(CN2C[C@H](Oc3ccc(C)c(C)c3)[C@@H](O)C2)cc1. The number of hydrogen-bond acceptors (Lipinski definition) is 5. The molecule has 6 heteroatoms. The summed E-state index contributed by atoms with van der Waals surface area (Å²) >= 11 is 0. The summed E-state index contributed by atoms with van der Waals surface area (Å²) in [4.78, 5) is 6.57. The van der Waals surface area contributed by atoms with Gasteiger partial charge in [0.25, 0.3) is 0 Å². The Morgan fingerprint density at radius 3 is 2.56 bits per heavy atom. The van der Waals surface area contributed by atoms with Crippen molar-refractivity contribution >= 4 is 0 Å². The van der Waals surface area contributed by atoms with Crippen molar-refractivity contribution in [3.05, 3.63) is 77.4 Å². The Bertz CT molecular complexity index is 1020. The summed E-state index contributed by atoms with van der Waals surface area (Å²) in [6, 6.07) is 14.3. The number of aliphatic hydroxyl groups is 1. The van der Waals surface area contributed by atoms with Crippen LogP contribution in [0.3, 0.4) is 0 Å². The van der Waals surface area contributed by atoms with E-state index in [9.17, 15) is 5.11 Å². The lowest BCUT2D eigenvalue weighted by molar-refractivity contribution is 0.0736. The number of imidazole rings is 1. The standard InChI is InChI=1S/C26H33N3O3/c1-4-26-27-11-12-29(26)13-14-31-22-9-6-21(7-10-22)16-28-17-24(30)25(18-28)32-23-8-5-19(2)20(3)15-23/h5-12,15,24-25,30H,4,13-14,16-18H2,1-3H3/t24-,25-/m0/s1. The fourth-order valence-electron chi connectivity index (χ4n) is 4.11. The van der Waals surface area contributed by atoms with E-state index in [1.807, 2.05) is 36.7 Å². The number of benzene rings is 2. The fraction of sp³-hybridized carbons (Fsp3) is 0.423. The Hall–Kier alpha value is -2.83. The molecule has 1 N–H and O–H groups in total. The lowest BCUT2D eigenvalue weighted by Gasteiger charge is -2.18. The summed E-state index contributed by atoms with van der Waals surface area (Å²) in [5, 5.41) is 10.5. The lowest BCUT2D eigenvalue weighted by atomic mass is 10.1. The summed E-state index contributed by atoms with van der Waals surface area (Å²) in [7, 11) is 0. The number of likely N-dealkylation sites (tertiary alicyclic amines) is 1. The zero-order chi connectivity index (χ0) is 22.5. The maximum absolute atomic E-state index is 10.5. The molecule has 0 amide bonds. The van der Waals surface area contributed by atoms with Gasteiger partial charge in [-0.05, 0) is 54.8 Å². The van der Waals surface area contributed by atoms with Crippen LogP contribution in [0.5, 0.6) is 11.5 Å². The Morgan fingerprint density at radius 2 is 1.81 bits per heavy atom. The molecule has 2 heterocycles. The van der Waals surface area contributed by atoms with Crippen molar-refractivity contribution in [3.8, 4) is 11.5 Å². The van der Waals surface area contributed by atoms with Crippen LogP contribution in [0.1, 0.15) is 29.4 Å². The highest BCUT2D eigenvalue weighted by atomic mass is 16.5. The van der Waals surface area contributed by atoms with Crippen LogP contribution in [0.25, 0.3) is 0 Å². The first-order valence-corrected chi connectivity index (χ1v) is 11.4. The topological polar surface area (TPSA) is 59.8 Å². The smallest absolute Gasteiger partial charge is 0.138 e. The molecule has 0 aliphatic carbocycles. The largest absolute Gasteiger partial charge is 0.492 e. The van der Waals surface area contributed by atoms with Gasteiger partial charge in [0.05, 0.1) is 6.54 Å². The van der Waals surface area contributed by atoms with E-state index in [0.29, 0.717) is 19.7 Å². The minimum absolute atomic E-state index is 0.212. The number of nitrogens with zero attached hydrogens (tertiary/aromatic N) is 3. The first-order chi connectivity index (χ1) is 15.5. The predicted molar refractivity (Wildman–Crippen MR) is 125 cm³/mol. The van der Waals surface area contributed by atoms with Gasteiger partial charge in [-0.3, -0.25) is 4.90 Å². The molecule has 0 unspecified atom stereocenters. The van der Waals surface area contributed by atoms with Crippen molar-refractivity contribution < 1.29 is 14.6 Å². The molecule has 0 radical (unpaired) electrons. The third-order valence-corrected chi connectivity index (χ3v) is 6.13. The first-order valence-electron chi connectivity index (χ1n) is 11.4. The number of hydrogen-bond donors (Lipinski definition) is 1. The molecule has 32 heavy (non-hydrogen) atoms. The Kier molecular flexibility index (Phi) is 7.12. The van der Waals surface area contributed by atoms with Gasteiger partial charge in [0, 0.05) is 38.4 Å². The third kappa shape index (κ3) is 5.50. The van der Waals surface area contributed by atoms with Crippen LogP contribution in [0, 0.1) is 13.8 Å². The zero-order valence-corrected chi connectivity index (χ0v) is 19.2. The zero-order valence-electron chi connectivity index (χ0n) is 19.2. The molecule has 1 fully saturated rings. The molecular formula is C26H33N3O3. The second-order valence-corrected chi connectivity index (χ2v) is 8.55. The van der Waals surface area contributed by atoms with Gasteiger partial charge < -0.3 is 19.1 Å². The molecule has 170 valence electrons. The van der Waals surface area contributed by atoms with Gasteiger partial charge in [-0.15, -0.1) is 0 Å². The van der Waals surface area contributed by atoms with Gasteiger partial charge in [-0.2, -0.15) is 0 Å². The number of β-amino-alcohol motifs (C(OH)–C–C–N with tert-alkyl or cyclic N) is 1. The Balaban J connectivity index is 1.25. The van der Waals surface area contributed by atoms with Crippen LogP contribution in [0.15, 0.2) is 54.9 Å². The number of aliphatic hydroxyl groups excluding tert-OH is 1. The average Bonchev–Trinajstić information content (AvgIpc) is 3.38. The van der Waals surface area contributed by atoms with E-state index in [2.05, 4.69) is 53.4 Å². The summed E-state index contributed by atoms with van der Waals surface area (Å²) < 4.78 is 14.1. The van der Waals surface area contributed by atoms with Gasteiger partial charge in [-0.25, -0.2) is 4.98 Å². The molecule has 2 atom stereocenters. The molecule has 0 spiro atoms. The molecule has 3 aromatic rings. The molecule has 1 aliphatic rings. The van der Waals surface area contributed by atoms with E-state index in [0.717, 1.165) is 36.8 Å². The summed E-state index contributed by atoms with van der Waals surface area (Å²) in [5.41, 5.74) is 3.63. The molecule has 6 nitrogen and oxygen atoms in total. The predicted octanol–water partition coefficient (Wildman–Crippen LogP) is 3.77. The monoisotopic (exact) mass is 435 g/mol. The summed E-state index contributed by atoms with van der Waals surface area (Å²) in [6.45, 7) is 9.76. The van der Waals surface area contributed by atoms with E-state index in [4.69, 9.17) is 9.47 Å². The highest BCUT2D eigenvalue weighted by Crippen LogP contribution is 2.23. The molecular weight excluding hydrogens is 402 g/mol. The van der Waals surface area contributed by atoms with Crippen molar-refractivity contribution in [2.45, 2.75) is 52.5 Å². The van der Waals surface area contributed by atoms with Gasteiger partial charge in [-0.1, -0.05) is 25.1 Å². The van der Waals surface area contributed by atoms with Crippen LogP contribution in [-0.2, 0) is 19.5 Å². The number of aromatic nitrogens is 2.